The van der Waals surface area contributed by atoms with Crippen LogP contribution in [0.5, 0.6) is 0 Å². The van der Waals surface area contributed by atoms with E-state index in [0.29, 0.717) is 6.42 Å². The van der Waals surface area contributed by atoms with Gasteiger partial charge in [0.25, 0.3) is 0 Å². The molecular weight excluding hydrogens is 320 g/mol. The van der Waals surface area contributed by atoms with Gasteiger partial charge in [-0.05, 0) is 19.3 Å². The minimum atomic E-state index is -0.767. The Morgan fingerprint density at radius 1 is 1.20 bits per heavy atom. The zero-order valence-electron chi connectivity index (χ0n) is 15.4. The molecule has 0 aromatic rings. The van der Waals surface area contributed by atoms with Crippen molar-refractivity contribution in [3.63, 3.8) is 0 Å². The number of unbranched alkanes of at least 4 members (excludes halogenated alkanes) is 5. The fourth-order valence-corrected chi connectivity index (χ4v) is 3.54. The summed E-state index contributed by atoms with van der Waals surface area (Å²) in [6.07, 6.45) is 10.7. The summed E-state index contributed by atoms with van der Waals surface area (Å²) in [7, 11) is 0. The maximum absolute atomic E-state index is 12.1. The third kappa shape index (κ3) is 8.63. The molecule has 1 aliphatic rings. The zero-order chi connectivity index (χ0) is 18.7. The van der Waals surface area contributed by atoms with Crippen molar-refractivity contribution in [3.05, 3.63) is 12.2 Å². The van der Waals surface area contributed by atoms with E-state index in [1.54, 1.807) is 6.08 Å². The number of aliphatic hydroxyl groups excluding tert-OH is 2. The average molecular weight is 354 g/mol. The van der Waals surface area contributed by atoms with Gasteiger partial charge in [-0.2, -0.15) is 0 Å². The summed E-state index contributed by atoms with van der Waals surface area (Å²) in [5.41, 5.74) is 0. The van der Waals surface area contributed by atoms with Gasteiger partial charge in [-0.15, -0.1) is 0 Å². The van der Waals surface area contributed by atoms with E-state index in [1.807, 2.05) is 6.08 Å². The van der Waals surface area contributed by atoms with Crippen LogP contribution in [0.3, 0.4) is 0 Å². The van der Waals surface area contributed by atoms with Crippen molar-refractivity contribution in [2.24, 2.45) is 11.8 Å². The molecule has 0 saturated heterocycles. The van der Waals surface area contributed by atoms with E-state index in [4.69, 9.17) is 5.11 Å². The minimum absolute atomic E-state index is 0.105. The highest BCUT2D eigenvalue weighted by Crippen LogP contribution is 2.34. The fraction of sp³-hybridized carbons (Fsp3) is 0.800. The lowest BCUT2D eigenvalue weighted by Crippen LogP contribution is -2.19. The molecule has 0 radical (unpaired) electrons. The Hall–Kier alpha value is -1.20. The SMILES string of the molecule is CCCCCC(O)C=C[C@H]1[C@H](O)CC(=O)[C@@H]1CCCCCCC(=O)O. The maximum Gasteiger partial charge on any atom is 0.303 e. The Morgan fingerprint density at radius 3 is 2.60 bits per heavy atom. The number of carboxylic acid groups (broad SMARTS) is 1. The molecule has 1 saturated carbocycles. The van der Waals surface area contributed by atoms with Crippen LogP contribution >= 0.6 is 0 Å². The van der Waals surface area contributed by atoms with Crippen molar-refractivity contribution >= 4 is 11.8 Å². The van der Waals surface area contributed by atoms with E-state index in [1.165, 1.54) is 0 Å². The number of carbonyl (C=O) groups is 2. The van der Waals surface area contributed by atoms with Gasteiger partial charge >= 0.3 is 5.97 Å². The minimum Gasteiger partial charge on any atom is -0.481 e. The van der Waals surface area contributed by atoms with Gasteiger partial charge in [0.05, 0.1) is 12.2 Å². The number of hydrogen-bond acceptors (Lipinski definition) is 4. The number of ketones is 1. The van der Waals surface area contributed by atoms with Crippen molar-refractivity contribution in [3.8, 4) is 0 Å². The normalized spacial score (nSPS) is 24.9. The number of Topliss-reactive ketones (excluding diaryl/α,β-unsaturated/α-hetero) is 1. The Kier molecular flexibility index (Phi) is 10.7. The second-order valence-electron chi connectivity index (χ2n) is 7.22. The summed E-state index contributed by atoms with van der Waals surface area (Å²) in [5.74, 6) is -1.04. The van der Waals surface area contributed by atoms with Crippen LogP contribution in [0.2, 0.25) is 0 Å². The number of carboxylic acids is 1. The molecule has 0 aromatic heterocycles. The van der Waals surface area contributed by atoms with E-state index in [0.717, 1.165) is 51.4 Å². The van der Waals surface area contributed by atoms with Gasteiger partial charge in [0.2, 0.25) is 0 Å². The second-order valence-corrected chi connectivity index (χ2v) is 7.22. The molecule has 0 spiro atoms. The molecule has 1 fully saturated rings. The number of aliphatic carboxylic acids is 1. The van der Waals surface area contributed by atoms with E-state index >= 15 is 0 Å². The molecule has 5 nitrogen and oxygen atoms in total. The molecular formula is C20H34O5. The summed E-state index contributed by atoms with van der Waals surface area (Å²) in [4.78, 5) is 22.6. The lowest BCUT2D eigenvalue weighted by Gasteiger charge is -2.18. The van der Waals surface area contributed by atoms with Crippen molar-refractivity contribution in [1.82, 2.24) is 0 Å². The molecule has 0 bridgehead atoms. The number of rotatable bonds is 13. The largest absolute Gasteiger partial charge is 0.481 e. The lowest BCUT2D eigenvalue weighted by atomic mass is 9.88. The predicted octanol–water partition coefficient (Wildman–Crippen LogP) is 3.48. The third-order valence-electron chi connectivity index (χ3n) is 5.05. The highest BCUT2D eigenvalue weighted by molar-refractivity contribution is 5.84. The number of carbonyl (C=O) groups excluding carboxylic acids is 1. The van der Waals surface area contributed by atoms with E-state index in [9.17, 15) is 19.8 Å². The Balaban J connectivity index is 2.39. The molecule has 0 aliphatic heterocycles. The van der Waals surface area contributed by atoms with Crippen LogP contribution in [0.25, 0.3) is 0 Å². The fourth-order valence-electron chi connectivity index (χ4n) is 3.54. The van der Waals surface area contributed by atoms with Crippen LogP contribution in [0.15, 0.2) is 12.2 Å². The maximum atomic E-state index is 12.1. The van der Waals surface area contributed by atoms with Crippen molar-refractivity contribution in [2.45, 2.75) is 89.8 Å². The van der Waals surface area contributed by atoms with Gasteiger partial charge in [0.15, 0.2) is 0 Å². The molecule has 1 rings (SSSR count). The van der Waals surface area contributed by atoms with Gasteiger partial charge in [0, 0.05) is 24.7 Å². The van der Waals surface area contributed by atoms with Crippen LogP contribution in [0.1, 0.15) is 77.6 Å². The lowest BCUT2D eigenvalue weighted by molar-refractivity contribution is -0.137. The first-order valence-electron chi connectivity index (χ1n) is 9.74. The summed E-state index contributed by atoms with van der Waals surface area (Å²) in [5, 5.41) is 28.7. The standard InChI is InChI=1S/C20H34O5/c1-2-3-6-9-15(21)12-13-17-16(18(22)14-19(17)23)10-7-4-5-8-11-20(24)25/h12-13,15-17,19,21,23H,2-11,14H2,1H3,(H,24,25)/t15?,16-,17-,19-/m1/s1. The van der Waals surface area contributed by atoms with E-state index < -0.39 is 18.2 Å². The third-order valence-corrected chi connectivity index (χ3v) is 5.05. The first-order valence-corrected chi connectivity index (χ1v) is 9.74. The topological polar surface area (TPSA) is 94.8 Å². The van der Waals surface area contributed by atoms with Crippen LogP contribution in [0.4, 0.5) is 0 Å². The highest BCUT2D eigenvalue weighted by Gasteiger charge is 2.39. The molecule has 0 amide bonds. The van der Waals surface area contributed by atoms with Crippen molar-refractivity contribution in [1.29, 1.82) is 0 Å². The molecule has 0 aromatic carbocycles. The van der Waals surface area contributed by atoms with Gasteiger partial charge in [-0.25, -0.2) is 0 Å². The smallest absolute Gasteiger partial charge is 0.303 e. The predicted molar refractivity (Wildman–Crippen MR) is 97.2 cm³/mol. The first-order chi connectivity index (χ1) is 12.0. The quantitative estimate of drug-likeness (QED) is 0.348. The summed E-state index contributed by atoms with van der Waals surface area (Å²) < 4.78 is 0. The first kappa shape index (κ1) is 21.8. The Morgan fingerprint density at radius 2 is 1.92 bits per heavy atom. The Labute approximate surface area is 151 Å². The molecule has 4 atom stereocenters. The highest BCUT2D eigenvalue weighted by atomic mass is 16.4. The van der Waals surface area contributed by atoms with E-state index in [-0.39, 0.29) is 30.5 Å². The monoisotopic (exact) mass is 354 g/mol. The Bertz CT molecular complexity index is 432. The molecule has 1 unspecified atom stereocenters. The molecule has 3 N–H and O–H groups in total. The van der Waals surface area contributed by atoms with Crippen molar-refractivity contribution in [2.75, 3.05) is 0 Å². The van der Waals surface area contributed by atoms with Gasteiger partial charge in [-0.3, -0.25) is 9.59 Å². The van der Waals surface area contributed by atoms with Gasteiger partial charge in [0.1, 0.15) is 5.78 Å². The van der Waals surface area contributed by atoms with Crippen LogP contribution in [-0.4, -0.2) is 39.3 Å². The summed E-state index contributed by atoms with van der Waals surface area (Å²) >= 11 is 0. The van der Waals surface area contributed by atoms with Gasteiger partial charge < -0.3 is 15.3 Å². The number of aliphatic hydroxyl groups is 2. The number of hydrogen-bond donors (Lipinski definition) is 3. The van der Waals surface area contributed by atoms with Crippen molar-refractivity contribution < 1.29 is 24.9 Å². The zero-order valence-corrected chi connectivity index (χ0v) is 15.4. The molecule has 0 heterocycles. The average Bonchev–Trinajstić information content (AvgIpc) is 2.82. The summed E-state index contributed by atoms with van der Waals surface area (Å²) in [6.45, 7) is 2.12. The molecule has 5 heteroatoms. The second kappa shape index (κ2) is 12.2. The molecule has 25 heavy (non-hydrogen) atoms. The molecule has 1 aliphatic carbocycles. The van der Waals surface area contributed by atoms with Crippen LogP contribution in [0, 0.1) is 11.8 Å². The molecule has 144 valence electrons. The van der Waals surface area contributed by atoms with Crippen LogP contribution in [-0.2, 0) is 9.59 Å². The van der Waals surface area contributed by atoms with Gasteiger partial charge in [-0.1, -0.05) is 57.6 Å². The van der Waals surface area contributed by atoms with Crippen LogP contribution < -0.4 is 0 Å². The summed E-state index contributed by atoms with van der Waals surface area (Å²) in [6, 6.07) is 0. The van der Waals surface area contributed by atoms with E-state index in [2.05, 4.69) is 6.92 Å².